The third-order valence-corrected chi connectivity index (χ3v) is 3.26. The minimum absolute atomic E-state index is 0.137. The molecule has 5 heteroatoms. The van der Waals surface area contributed by atoms with E-state index in [-0.39, 0.29) is 17.9 Å². The minimum atomic E-state index is -0.287. The van der Waals surface area contributed by atoms with Crippen LogP contribution in [0.2, 0.25) is 0 Å². The molecule has 2 aromatic rings. The summed E-state index contributed by atoms with van der Waals surface area (Å²) in [6.45, 7) is 1.98. The van der Waals surface area contributed by atoms with Crippen molar-refractivity contribution < 1.29 is 4.79 Å². The smallest absolute Gasteiger partial charge is 0.217 e. The van der Waals surface area contributed by atoms with E-state index in [0.717, 1.165) is 11.3 Å². The molecule has 106 valence electrons. The third-order valence-electron chi connectivity index (χ3n) is 3.26. The predicted molar refractivity (Wildman–Crippen MR) is 78.1 cm³/mol. The van der Waals surface area contributed by atoms with Crippen molar-refractivity contribution in [2.24, 2.45) is 17.4 Å². The quantitative estimate of drug-likeness (QED) is 0.840. The van der Waals surface area contributed by atoms with Crippen LogP contribution in [0.4, 0.5) is 0 Å². The fourth-order valence-corrected chi connectivity index (χ4v) is 2.25. The molecule has 1 aromatic carbocycles. The summed E-state index contributed by atoms with van der Waals surface area (Å²) >= 11 is 0. The van der Waals surface area contributed by atoms with Crippen molar-refractivity contribution in [1.82, 2.24) is 9.78 Å². The zero-order valence-electron chi connectivity index (χ0n) is 11.6. The van der Waals surface area contributed by atoms with Crippen LogP contribution in [-0.4, -0.2) is 15.7 Å². The molecule has 0 bridgehead atoms. The zero-order chi connectivity index (χ0) is 14.5. The lowest BCUT2D eigenvalue weighted by molar-refractivity contribution is -0.118. The molecule has 0 saturated heterocycles. The van der Waals surface area contributed by atoms with E-state index in [2.05, 4.69) is 5.10 Å². The summed E-state index contributed by atoms with van der Waals surface area (Å²) in [5, 5.41) is 4.32. The second-order valence-electron chi connectivity index (χ2n) is 5.17. The first kappa shape index (κ1) is 14.3. The Kier molecular flexibility index (Phi) is 4.53. The number of nitrogens with zero attached hydrogens (tertiary/aromatic N) is 2. The third kappa shape index (κ3) is 3.68. The van der Waals surface area contributed by atoms with Gasteiger partial charge in [-0.1, -0.05) is 25.1 Å². The first-order valence-corrected chi connectivity index (χ1v) is 6.70. The molecule has 2 atom stereocenters. The fraction of sp³-hybridized carbons (Fsp3) is 0.333. The molecule has 0 aliphatic carbocycles. The van der Waals surface area contributed by atoms with Crippen LogP contribution in [0.1, 0.15) is 31.4 Å². The predicted octanol–water partition coefficient (Wildman–Crippen LogP) is 1.77. The lowest BCUT2D eigenvalue weighted by Crippen LogP contribution is -2.19. The number of hydrogen-bond acceptors (Lipinski definition) is 3. The van der Waals surface area contributed by atoms with Gasteiger partial charge < -0.3 is 11.5 Å². The largest absolute Gasteiger partial charge is 0.370 e. The summed E-state index contributed by atoms with van der Waals surface area (Å²) in [4.78, 5) is 10.9. The normalized spacial score (nSPS) is 13.9. The minimum Gasteiger partial charge on any atom is -0.370 e. The van der Waals surface area contributed by atoms with E-state index in [1.54, 1.807) is 10.9 Å². The summed E-state index contributed by atoms with van der Waals surface area (Å²) in [7, 11) is 0. The standard InChI is InChI=1S/C15H20N4O/c1-11(8-15(17)20)7-14(16)12-9-18-19(10-12)13-5-3-2-4-6-13/h2-6,9-11,14H,7-8,16H2,1H3,(H2,17,20). The Balaban J connectivity index is 2.03. The van der Waals surface area contributed by atoms with E-state index in [9.17, 15) is 4.79 Å². The lowest BCUT2D eigenvalue weighted by Gasteiger charge is -2.14. The molecular formula is C15H20N4O. The molecule has 0 spiro atoms. The second kappa shape index (κ2) is 6.34. The van der Waals surface area contributed by atoms with Crippen LogP contribution in [0.25, 0.3) is 5.69 Å². The molecule has 5 nitrogen and oxygen atoms in total. The van der Waals surface area contributed by atoms with Gasteiger partial charge in [-0.2, -0.15) is 5.10 Å². The van der Waals surface area contributed by atoms with E-state index in [0.29, 0.717) is 12.8 Å². The average Bonchev–Trinajstić information content (AvgIpc) is 2.88. The molecule has 0 saturated carbocycles. The summed E-state index contributed by atoms with van der Waals surface area (Å²) in [6.07, 6.45) is 4.77. The van der Waals surface area contributed by atoms with E-state index >= 15 is 0 Å². The molecule has 2 unspecified atom stereocenters. The number of rotatable bonds is 6. The van der Waals surface area contributed by atoms with Gasteiger partial charge in [0.05, 0.1) is 11.9 Å². The monoisotopic (exact) mass is 272 g/mol. The number of nitrogens with two attached hydrogens (primary N) is 2. The molecule has 1 heterocycles. The van der Waals surface area contributed by atoms with Gasteiger partial charge in [0.2, 0.25) is 5.91 Å². The Labute approximate surface area is 118 Å². The van der Waals surface area contributed by atoms with Crippen molar-refractivity contribution in [3.63, 3.8) is 0 Å². The number of carbonyl (C=O) groups excluding carboxylic acids is 1. The zero-order valence-corrected chi connectivity index (χ0v) is 11.6. The number of hydrogen-bond donors (Lipinski definition) is 2. The van der Waals surface area contributed by atoms with Crippen LogP contribution >= 0.6 is 0 Å². The van der Waals surface area contributed by atoms with Gasteiger partial charge in [0.25, 0.3) is 0 Å². The highest BCUT2D eigenvalue weighted by molar-refractivity contribution is 5.73. The van der Waals surface area contributed by atoms with Gasteiger partial charge in [-0.05, 0) is 24.5 Å². The maximum absolute atomic E-state index is 10.9. The van der Waals surface area contributed by atoms with Gasteiger partial charge in [0, 0.05) is 24.2 Å². The van der Waals surface area contributed by atoms with Gasteiger partial charge in [-0.25, -0.2) is 4.68 Å². The van der Waals surface area contributed by atoms with Crippen LogP contribution < -0.4 is 11.5 Å². The molecule has 1 aromatic heterocycles. The van der Waals surface area contributed by atoms with Crippen LogP contribution in [0, 0.1) is 5.92 Å². The maximum Gasteiger partial charge on any atom is 0.217 e. The van der Waals surface area contributed by atoms with Crippen LogP contribution in [0.3, 0.4) is 0 Å². The molecule has 0 radical (unpaired) electrons. The van der Waals surface area contributed by atoms with Gasteiger partial charge in [0.15, 0.2) is 0 Å². The Morgan fingerprint density at radius 1 is 1.35 bits per heavy atom. The number of para-hydroxylation sites is 1. The number of carbonyl (C=O) groups is 1. The summed E-state index contributed by atoms with van der Waals surface area (Å²) in [5.41, 5.74) is 13.3. The topological polar surface area (TPSA) is 86.9 Å². The van der Waals surface area contributed by atoms with Gasteiger partial charge >= 0.3 is 0 Å². The van der Waals surface area contributed by atoms with Crippen LogP contribution in [0.15, 0.2) is 42.7 Å². The highest BCUT2D eigenvalue weighted by atomic mass is 16.1. The van der Waals surface area contributed by atoms with Gasteiger partial charge in [0.1, 0.15) is 0 Å². The first-order valence-electron chi connectivity index (χ1n) is 6.70. The van der Waals surface area contributed by atoms with Crippen molar-refractivity contribution in [1.29, 1.82) is 0 Å². The van der Waals surface area contributed by atoms with E-state index in [1.165, 1.54) is 0 Å². The van der Waals surface area contributed by atoms with Crippen molar-refractivity contribution >= 4 is 5.91 Å². The summed E-state index contributed by atoms with van der Waals surface area (Å²) in [6, 6.07) is 9.72. The van der Waals surface area contributed by atoms with Crippen LogP contribution in [0.5, 0.6) is 0 Å². The molecular weight excluding hydrogens is 252 g/mol. The van der Waals surface area contributed by atoms with Crippen molar-refractivity contribution in [2.75, 3.05) is 0 Å². The lowest BCUT2D eigenvalue weighted by atomic mass is 9.96. The van der Waals surface area contributed by atoms with Gasteiger partial charge in [-0.15, -0.1) is 0 Å². The molecule has 2 rings (SSSR count). The maximum atomic E-state index is 10.9. The highest BCUT2D eigenvalue weighted by Crippen LogP contribution is 2.21. The molecule has 0 aliphatic heterocycles. The Morgan fingerprint density at radius 2 is 2.05 bits per heavy atom. The molecule has 0 fully saturated rings. The number of benzene rings is 1. The second-order valence-corrected chi connectivity index (χ2v) is 5.17. The van der Waals surface area contributed by atoms with Crippen LogP contribution in [-0.2, 0) is 4.79 Å². The van der Waals surface area contributed by atoms with Crippen molar-refractivity contribution in [2.45, 2.75) is 25.8 Å². The summed E-state index contributed by atoms with van der Waals surface area (Å²) in [5.74, 6) is -0.118. The number of aromatic nitrogens is 2. The Hall–Kier alpha value is -2.14. The number of primary amides is 1. The Bertz CT molecular complexity index is 564. The molecule has 20 heavy (non-hydrogen) atoms. The highest BCUT2D eigenvalue weighted by Gasteiger charge is 2.15. The number of amides is 1. The van der Waals surface area contributed by atoms with Gasteiger partial charge in [-0.3, -0.25) is 4.79 Å². The summed E-state index contributed by atoms with van der Waals surface area (Å²) < 4.78 is 1.80. The molecule has 4 N–H and O–H groups in total. The Morgan fingerprint density at radius 3 is 2.70 bits per heavy atom. The average molecular weight is 272 g/mol. The van der Waals surface area contributed by atoms with E-state index < -0.39 is 0 Å². The van der Waals surface area contributed by atoms with E-state index in [1.807, 2.05) is 43.5 Å². The fourth-order valence-electron chi connectivity index (χ4n) is 2.25. The van der Waals surface area contributed by atoms with Crippen molar-refractivity contribution in [3.8, 4) is 5.69 Å². The first-order chi connectivity index (χ1) is 9.56. The SMILES string of the molecule is CC(CC(N)=O)CC(N)c1cnn(-c2ccccc2)c1. The molecule has 0 aliphatic rings. The van der Waals surface area contributed by atoms with Crippen molar-refractivity contribution in [3.05, 3.63) is 48.3 Å². The molecule has 1 amide bonds. The van der Waals surface area contributed by atoms with E-state index in [4.69, 9.17) is 11.5 Å².